The quantitative estimate of drug-likeness (QED) is 0.203. The Bertz CT molecular complexity index is 252. The maximum absolute atomic E-state index is 11.7. The van der Waals surface area contributed by atoms with E-state index in [0.29, 0.717) is 13.2 Å². The van der Waals surface area contributed by atoms with Crippen molar-refractivity contribution >= 4 is 33.1 Å². The van der Waals surface area contributed by atoms with Crippen LogP contribution in [0, 0.1) is 0 Å². The van der Waals surface area contributed by atoms with Gasteiger partial charge in [0.05, 0.1) is 0 Å². The molecule has 2 atom stereocenters. The second-order valence-corrected chi connectivity index (χ2v) is 10.5. The van der Waals surface area contributed by atoms with E-state index >= 15 is 0 Å². The summed E-state index contributed by atoms with van der Waals surface area (Å²) in [5.74, 6) is -0.290. The SMILES string of the molecule is CCCCOC(=O)[CH](C)[Sn+2][CH](C)C(=O)OCCCC.[Cl-].[Cl-]. The topological polar surface area (TPSA) is 52.6 Å². The molecular weight excluding hydrogens is 422 g/mol. The van der Waals surface area contributed by atoms with Gasteiger partial charge in [-0.15, -0.1) is 0 Å². The van der Waals surface area contributed by atoms with Crippen molar-refractivity contribution in [2.45, 2.75) is 61.2 Å². The van der Waals surface area contributed by atoms with E-state index in [1.165, 1.54) is 0 Å². The third-order valence-corrected chi connectivity index (χ3v) is 6.89. The van der Waals surface area contributed by atoms with E-state index in [-0.39, 0.29) is 44.6 Å². The van der Waals surface area contributed by atoms with Gasteiger partial charge in [-0.25, -0.2) is 0 Å². The summed E-state index contributed by atoms with van der Waals surface area (Å²) in [5.41, 5.74) is 0. The van der Waals surface area contributed by atoms with Gasteiger partial charge in [0.2, 0.25) is 0 Å². The Hall–Kier alpha value is 0.319. The molecule has 0 aliphatic heterocycles. The van der Waals surface area contributed by atoms with Gasteiger partial charge in [-0.05, 0) is 0 Å². The number of carbonyl (C=O) groups excluding carboxylic acids is 2. The molecule has 0 bridgehead atoms. The molecule has 0 aromatic carbocycles. The zero-order valence-electron chi connectivity index (χ0n) is 13.3. The van der Waals surface area contributed by atoms with Gasteiger partial charge in [-0.2, -0.15) is 0 Å². The summed E-state index contributed by atoms with van der Waals surface area (Å²) in [6, 6.07) is 0. The van der Waals surface area contributed by atoms with Crippen molar-refractivity contribution < 1.29 is 43.9 Å². The van der Waals surface area contributed by atoms with E-state index < -0.39 is 21.1 Å². The van der Waals surface area contributed by atoms with Crippen LogP contribution in [0.25, 0.3) is 0 Å². The molecule has 21 heavy (non-hydrogen) atoms. The number of ether oxygens (including phenoxy) is 2. The Morgan fingerprint density at radius 1 is 0.857 bits per heavy atom. The molecule has 0 rings (SSSR count). The molecule has 2 unspecified atom stereocenters. The first-order chi connectivity index (χ1) is 9.02. The minimum atomic E-state index is -1.15. The third kappa shape index (κ3) is 13.7. The molecule has 4 nitrogen and oxygen atoms in total. The molecule has 0 saturated heterocycles. The maximum atomic E-state index is 11.7. The van der Waals surface area contributed by atoms with Gasteiger partial charge in [-0.3, -0.25) is 0 Å². The average Bonchev–Trinajstić information content (AvgIpc) is 2.38. The van der Waals surface area contributed by atoms with E-state index in [0.717, 1.165) is 25.7 Å². The van der Waals surface area contributed by atoms with Crippen LogP contribution in [-0.2, 0) is 19.1 Å². The fourth-order valence-electron chi connectivity index (χ4n) is 1.40. The van der Waals surface area contributed by atoms with Crippen LogP contribution in [0.3, 0.4) is 0 Å². The minimum absolute atomic E-state index is 0. The molecule has 0 N–H and O–H groups in total. The van der Waals surface area contributed by atoms with E-state index in [1.54, 1.807) is 0 Å². The molecule has 0 aliphatic rings. The minimum Gasteiger partial charge on any atom is -1.00 e. The number of carbonyl (C=O) groups is 2. The molecule has 0 amide bonds. The van der Waals surface area contributed by atoms with Crippen molar-refractivity contribution in [1.82, 2.24) is 0 Å². The summed E-state index contributed by atoms with van der Waals surface area (Å²) < 4.78 is 10.2. The van der Waals surface area contributed by atoms with Crippen LogP contribution in [-0.4, -0.2) is 46.3 Å². The fraction of sp³-hybridized carbons (Fsp3) is 0.857. The summed E-state index contributed by atoms with van der Waals surface area (Å²) >= 11 is -1.15. The van der Waals surface area contributed by atoms with Crippen LogP contribution < -0.4 is 24.8 Å². The van der Waals surface area contributed by atoms with Gasteiger partial charge in [0, 0.05) is 0 Å². The Morgan fingerprint density at radius 2 is 1.19 bits per heavy atom. The zero-order chi connectivity index (χ0) is 14.7. The van der Waals surface area contributed by atoms with Gasteiger partial charge < -0.3 is 24.8 Å². The summed E-state index contributed by atoms with van der Waals surface area (Å²) in [6.45, 7) is 8.85. The van der Waals surface area contributed by atoms with Crippen LogP contribution in [0.15, 0.2) is 0 Å². The Kier molecular flexibility index (Phi) is 20.8. The van der Waals surface area contributed by atoms with Gasteiger partial charge in [0.15, 0.2) is 0 Å². The van der Waals surface area contributed by atoms with E-state index in [2.05, 4.69) is 13.8 Å². The van der Waals surface area contributed by atoms with Crippen LogP contribution >= 0.6 is 0 Å². The predicted octanol–water partition coefficient (Wildman–Crippen LogP) is -3.00. The van der Waals surface area contributed by atoms with Crippen LogP contribution in [0.5, 0.6) is 0 Å². The normalized spacial score (nSPS) is 12.0. The Morgan fingerprint density at radius 3 is 1.48 bits per heavy atom. The summed E-state index contributed by atoms with van der Waals surface area (Å²) in [7, 11) is 0. The average molecular weight is 448 g/mol. The number of rotatable bonds is 10. The van der Waals surface area contributed by atoms with E-state index in [9.17, 15) is 9.59 Å². The van der Waals surface area contributed by atoms with Crippen LogP contribution in [0.4, 0.5) is 0 Å². The van der Waals surface area contributed by atoms with Gasteiger partial charge in [0.25, 0.3) is 0 Å². The monoisotopic (exact) mass is 448 g/mol. The van der Waals surface area contributed by atoms with Crippen molar-refractivity contribution in [3.63, 3.8) is 0 Å². The van der Waals surface area contributed by atoms with E-state index in [4.69, 9.17) is 9.47 Å². The third-order valence-electron chi connectivity index (χ3n) is 2.69. The molecule has 0 heterocycles. The van der Waals surface area contributed by atoms with Crippen molar-refractivity contribution in [1.29, 1.82) is 0 Å². The number of hydrogen-bond donors (Lipinski definition) is 0. The summed E-state index contributed by atoms with van der Waals surface area (Å²) in [4.78, 5) is 23.4. The first-order valence-corrected chi connectivity index (χ1v) is 10.4. The van der Waals surface area contributed by atoms with Crippen molar-refractivity contribution in [3.8, 4) is 0 Å². The number of halogens is 2. The van der Waals surface area contributed by atoms with Gasteiger partial charge >= 0.3 is 127 Å². The molecule has 0 radical (unpaired) electrons. The van der Waals surface area contributed by atoms with Gasteiger partial charge in [0.1, 0.15) is 0 Å². The van der Waals surface area contributed by atoms with Crippen molar-refractivity contribution in [3.05, 3.63) is 0 Å². The second kappa shape index (κ2) is 16.7. The van der Waals surface area contributed by atoms with Gasteiger partial charge in [-0.1, -0.05) is 0 Å². The zero-order valence-corrected chi connectivity index (χ0v) is 17.7. The maximum Gasteiger partial charge on any atom is -1.00 e. The molecule has 0 aromatic rings. The molecule has 124 valence electrons. The molecule has 0 saturated carbocycles. The van der Waals surface area contributed by atoms with E-state index in [1.807, 2.05) is 13.8 Å². The largest absolute Gasteiger partial charge is 1.00 e. The smallest absolute Gasteiger partial charge is 1.00 e. The number of esters is 2. The molecule has 0 fully saturated rings. The molecule has 7 heteroatoms. The fourth-order valence-corrected chi connectivity index (χ4v) is 4.79. The molecular formula is C14H26Cl2O4Sn. The first kappa shape index (κ1) is 26.2. The van der Waals surface area contributed by atoms with Crippen LogP contribution in [0.2, 0.25) is 7.87 Å². The van der Waals surface area contributed by atoms with Crippen molar-refractivity contribution in [2.75, 3.05) is 13.2 Å². The standard InChI is InChI=1S/2C7H13O2.2ClH.Sn/c2*1-3-5-6-9-7(8)4-2;;;/h2*4H,3,5-6H2,1-2H3;2*1H;/q;;;;+2/p-2. The predicted molar refractivity (Wildman–Crippen MR) is 76.3 cm³/mol. The molecule has 0 aromatic heterocycles. The van der Waals surface area contributed by atoms with Crippen molar-refractivity contribution in [2.24, 2.45) is 0 Å². The Labute approximate surface area is 151 Å². The number of hydrogen-bond acceptors (Lipinski definition) is 4. The summed E-state index contributed by atoms with van der Waals surface area (Å²) in [5, 5.41) is 0. The second-order valence-electron chi connectivity index (χ2n) is 4.65. The van der Waals surface area contributed by atoms with Crippen LogP contribution in [0.1, 0.15) is 53.4 Å². The molecule has 0 aliphatic carbocycles. The summed E-state index contributed by atoms with van der Waals surface area (Å²) in [6.07, 6.45) is 3.83. The number of unbranched alkanes of at least 4 members (excludes halogenated alkanes) is 2. The Balaban J connectivity index is -0.00000162. The first-order valence-electron chi connectivity index (χ1n) is 7.12. The molecule has 0 spiro atoms.